The lowest BCUT2D eigenvalue weighted by atomic mass is 10.2. The quantitative estimate of drug-likeness (QED) is 0.188. The van der Waals surface area contributed by atoms with E-state index in [9.17, 15) is 24.5 Å². The van der Waals surface area contributed by atoms with Gasteiger partial charge in [-0.1, -0.05) is 23.7 Å². The summed E-state index contributed by atoms with van der Waals surface area (Å²) in [5, 5.41) is 19.7. The topological polar surface area (TPSA) is 152 Å². The number of hydrogen-bond acceptors (Lipinski definition) is 7. The van der Waals surface area contributed by atoms with Crippen molar-refractivity contribution in [3.05, 3.63) is 93.5 Å². The fraction of sp³-hybridized carbons (Fsp3) is 0.0435. The molecule has 0 aliphatic heterocycles. The molecule has 0 heterocycles. The molecule has 0 saturated carbocycles. The van der Waals surface area contributed by atoms with Gasteiger partial charge in [-0.2, -0.15) is 5.10 Å². The van der Waals surface area contributed by atoms with E-state index in [4.69, 9.17) is 16.3 Å². The molecule has 35 heavy (non-hydrogen) atoms. The van der Waals surface area contributed by atoms with E-state index in [2.05, 4.69) is 21.2 Å². The van der Waals surface area contributed by atoms with E-state index in [1.165, 1.54) is 30.5 Å². The van der Waals surface area contributed by atoms with E-state index in [0.29, 0.717) is 22.0 Å². The van der Waals surface area contributed by atoms with E-state index in [-0.39, 0.29) is 23.9 Å². The summed E-state index contributed by atoms with van der Waals surface area (Å²) in [5.41, 5.74) is 3.23. The predicted octanol–water partition coefficient (Wildman–Crippen LogP) is 3.35. The molecule has 3 N–H and O–H groups in total. The summed E-state index contributed by atoms with van der Waals surface area (Å²) in [5.74, 6) is -1.96. The van der Waals surface area contributed by atoms with Crippen LogP contribution in [0.4, 0.5) is 17.1 Å². The van der Waals surface area contributed by atoms with Crippen molar-refractivity contribution in [2.24, 2.45) is 5.10 Å². The summed E-state index contributed by atoms with van der Waals surface area (Å²) in [4.78, 5) is 45.8. The van der Waals surface area contributed by atoms with Crippen molar-refractivity contribution in [1.29, 1.82) is 0 Å². The monoisotopic (exact) mass is 495 g/mol. The zero-order valence-electron chi connectivity index (χ0n) is 17.9. The van der Waals surface area contributed by atoms with Crippen LogP contribution in [0, 0.1) is 10.1 Å². The van der Waals surface area contributed by atoms with Crippen LogP contribution in [0.25, 0.3) is 0 Å². The molecule has 0 saturated heterocycles. The first-order valence-corrected chi connectivity index (χ1v) is 10.4. The molecular formula is C23H18ClN5O6. The molecule has 3 aromatic rings. The number of nitro groups is 1. The normalized spacial score (nSPS) is 10.4. The van der Waals surface area contributed by atoms with Crippen LogP contribution < -0.4 is 20.8 Å². The number of rotatable bonds is 8. The van der Waals surface area contributed by atoms with Gasteiger partial charge < -0.3 is 15.4 Å². The fourth-order valence-corrected chi connectivity index (χ4v) is 2.80. The number of para-hydroxylation sites is 1. The average Bonchev–Trinajstić information content (AvgIpc) is 2.85. The van der Waals surface area contributed by atoms with Crippen LogP contribution in [0.1, 0.15) is 5.56 Å². The number of carbonyl (C=O) groups excluding carboxylic acids is 3. The Kier molecular flexibility index (Phi) is 8.46. The Balaban J connectivity index is 1.43. The van der Waals surface area contributed by atoms with E-state index in [0.717, 1.165) is 0 Å². The fourth-order valence-electron chi connectivity index (χ4n) is 2.62. The Morgan fingerprint density at radius 2 is 1.63 bits per heavy atom. The lowest BCUT2D eigenvalue weighted by Gasteiger charge is -2.08. The third-order valence-electron chi connectivity index (χ3n) is 4.32. The Morgan fingerprint density at radius 1 is 0.943 bits per heavy atom. The van der Waals surface area contributed by atoms with Crippen LogP contribution in [-0.4, -0.2) is 35.5 Å². The first-order valence-electron chi connectivity index (χ1n) is 9.98. The smallest absolute Gasteiger partial charge is 0.329 e. The number of hydrazone groups is 1. The third-order valence-corrected chi connectivity index (χ3v) is 4.65. The van der Waals surface area contributed by atoms with Gasteiger partial charge in [-0.15, -0.1) is 0 Å². The molecule has 0 bridgehead atoms. The molecule has 0 atom stereocenters. The highest BCUT2D eigenvalue weighted by Crippen LogP contribution is 2.20. The number of amides is 3. The van der Waals surface area contributed by atoms with Crippen molar-refractivity contribution in [3.63, 3.8) is 0 Å². The SMILES string of the molecule is O=C(COc1ccc(/C=N\NC(=O)C(=O)Nc2ccc([N+](=O)[O-])cc2)cc1)Nc1ccccc1Cl. The molecule has 0 aromatic heterocycles. The Bertz CT molecular complexity index is 1260. The van der Waals surface area contributed by atoms with Gasteiger partial charge in [0.25, 0.3) is 11.6 Å². The van der Waals surface area contributed by atoms with Gasteiger partial charge in [0.2, 0.25) is 0 Å². The standard InChI is InChI=1S/C23H18ClN5O6/c24-19-3-1-2-4-20(19)27-21(30)14-35-18-11-5-15(6-12-18)13-25-28-23(32)22(31)26-16-7-9-17(10-8-16)29(33)34/h1-13H,14H2,(H,26,31)(H,27,30)(H,28,32)/b25-13-. The first kappa shape index (κ1) is 24.9. The van der Waals surface area contributed by atoms with E-state index in [1.54, 1.807) is 48.5 Å². The summed E-state index contributed by atoms with van der Waals surface area (Å²) < 4.78 is 5.43. The van der Waals surface area contributed by atoms with Gasteiger partial charge in [0.1, 0.15) is 5.75 Å². The molecule has 11 nitrogen and oxygen atoms in total. The Hall–Kier alpha value is -4.77. The number of nitro benzene ring substituents is 1. The van der Waals surface area contributed by atoms with Crippen LogP contribution in [0.5, 0.6) is 5.75 Å². The second-order valence-electron chi connectivity index (χ2n) is 6.84. The van der Waals surface area contributed by atoms with E-state index < -0.39 is 16.7 Å². The summed E-state index contributed by atoms with van der Waals surface area (Å²) in [7, 11) is 0. The lowest BCUT2D eigenvalue weighted by molar-refractivity contribution is -0.384. The molecular weight excluding hydrogens is 478 g/mol. The third kappa shape index (κ3) is 7.65. The first-order chi connectivity index (χ1) is 16.8. The molecule has 3 amide bonds. The lowest BCUT2D eigenvalue weighted by Crippen LogP contribution is -2.32. The maximum atomic E-state index is 12.0. The van der Waals surface area contributed by atoms with Crippen LogP contribution in [0.15, 0.2) is 77.9 Å². The maximum Gasteiger partial charge on any atom is 0.329 e. The molecule has 3 rings (SSSR count). The highest BCUT2D eigenvalue weighted by atomic mass is 35.5. The molecule has 178 valence electrons. The number of nitrogens with one attached hydrogen (secondary N) is 3. The minimum Gasteiger partial charge on any atom is -0.484 e. The summed E-state index contributed by atoms with van der Waals surface area (Å²) >= 11 is 6.00. The van der Waals surface area contributed by atoms with Crippen molar-refractivity contribution in [3.8, 4) is 5.75 Å². The molecule has 0 fully saturated rings. The number of anilines is 2. The second-order valence-corrected chi connectivity index (χ2v) is 7.25. The van der Waals surface area contributed by atoms with Crippen molar-refractivity contribution in [2.75, 3.05) is 17.2 Å². The number of halogens is 1. The highest BCUT2D eigenvalue weighted by Gasteiger charge is 2.13. The molecule has 0 unspecified atom stereocenters. The van der Waals surface area contributed by atoms with Gasteiger partial charge in [-0.05, 0) is 54.1 Å². The molecule has 0 aliphatic carbocycles. The summed E-state index contributed by atoms with van der Waals surface area (Å²) in [6, 6.07) is 18.3. The van der Waals surface area contributed by atoms with E-state index >= 15 is 0 Å². The van der Waals surface area contributed by atoms with Gasteiger partial charge in [0.05, 0.1) is 21.8 Å². The average molecular weight is 496 g/mol. The minimum absolute atomic E-state index is 0.145. The van der Waals surface area contributed by atoms with Crippen molar-refractivity contribution in [2.45, 2.75) is 0 Å². The Morgan fingerprint density at radius 3 is 2.29 bits per heavy atom. The summed E-state index contributed by atoms with van der Waals surface area (Å²) in [6.45, 7) is -0.224. The van der Waals surface area contributed by atoms with Crippen molar-refractivity contribution in [1.82, 2.24) is 5.43 Å². The number of benzene rings is 3. The van der Waals surface area contributed by atoms with Crippen molar-refractivity contribution >= 4 is 52.6 Å². The zero-order chi connectivity index (χ0) is 25.2. The molecule has 12 heteroatoms. The van der Waals surface area contributed by atoms with Gasteiger partial charge in [-0.25, -0.2) is 5.43 Å². The number of hydrogen-bond donors (Lipinski definition) is 3. The second kappa shape index (κ2) is 11.9. The minimum atomic E-state index is -1.02. The molecule has 0 radical (unpaired) electrons. The number of carbonyl (C=O) groups is 3. The number of nitrogens with zero attached hydrogens (tertiary/aromatic N) is 2. The summed E-state index contributed by atoms with van der Waals surface area (Å²) in [6.07, 6.45) is 1.31. The van der Waals surface area contributed by atoms with Crippen LogP contribution in [-0.2, 0) is 14.4 Å². The predicted molar refractivity (Wildman–Crippen MR) is 129 cm³/mol. The Labute approximate surface area is 203 Å². The largest absolute Gasteiger partial charge is 0.484 e. The van der Waals surface area contributed by atoms with Crippen LogP contribution in [0.3, 0.4) is 0 Å². The highest BCUT2D eigenvalue weighted by molar-refractivity contribution is 6.39. The van der Waals surface area contributed by atoms with Crippen LogP contribution in [0.2, 0.25) is 5.02 Å². The maximum absolute atomic E-state index is 12.0. The van der Waals surface area contributed by atoms with Gasteiger partial charge >= 0.3 is 11.8 Å². The number of ether oxygens (including phenoxy) is 1. The van der Waals surface area contributed by atoms with E-state index in [1.807, 2.05) is 0 Å². The van der Waals surface area contributed by atoms with Gasteiger partial charge in [-0.3, -0.25) is 24.5 Å². The molecule has 3 aromatic carbocycles. The van der Waals surface area contributed by atoms with Gasteiger partial charge in [0, 0.05) is 17.8 Å². The molecule has 0 aliphatic rings. The number of non-ortho nitro benzene ring substituents is 1. The zero-order valence-corrected chi connectivity index (χ0v) is 18.7. The van der Waals surface area contributed by atoms with Gasteiger partial charge in [0.15, 0.2) is 6.61 Å². The van der Waals surface area contributed by atoms with Crippen LogP contribution >= 0.6 is 11.6 Å². The van der Waals surface area contributed by atoms with Crippen molar-refractivity contribution < 1.29 is 24.0 Å². The molecule has 0 spiro atoms.